The summed E-state index contributed by atoms with van der Waals surface area (Å²) >= 11 is 0. The highest BCUT2D eigenvalue weighted by atomic mass is 19.1. The molecule has 6 heteroatoms. The number of aryl methyl sites for hydroxylation is 1. The van der Waals surface area contributed by atoms with Gasteiger partial charge in [0.1, 0.15) is 18.1 Å². The molecule has 210 valence electrons. The Morgan fingerprint density at radius 1 is 1.00 bits per heavy atom. The first kappa shape index (κ1) is 28.8. The summed E-state index contributed by atoms with van der Waals surface area (Å²) in [6.45, 7) is 12.3. The molecular weight excluding hydrogens is 491 g/mol. The number of methoxy groups -OCH3 is 1. The van der Waals surface area contributed by atoms with Crippen molar-refractivity contribution in [2.75, 3.05) is 38.3 Å². The predicted molar refractivity (Wildman–Crippen MR) is 157 cm³/mol. The summed E-state index contributed by atoms with van der Waals surface area (Å²) in [5.41, 5.74) is 5.82. The zero-order valence-electron chi connectivity index (χ0n) is 24.0. The standard InChI is InChI=1S/C33H43FN2O3/c1-6-35(7-2)16-17-39-33-15-8-24(18-31(33)34)22-36(23(3)4)32-21-29(38-5)13-14-30(32)27-10-9-26-20-28(37)12-11-25(26)19-27/h8,11-15,18,20-21,23,27,37H,6-7,9-10,16-17,19,22H2,1-5H3/t27-/m1/s1. The summed E-state index contributed by atoms with van der Waals surface area (Å²) in [7, 11) is 1.69. The highest BCUT2D eigenvalue weighted by molar-refractivity contribution is 5.60. The minimum atomic E-state index is -0.325. The lowest BCUT2D eigenvalue weighted by Crippen LogP contribution is -2.32. The molecule has 1 atom stereocenters. The van der Waals surface area contributed by atoms with Gasteiger partial charge in [0, 0.05) is 30.9 Å². The third kappa shape index (κ3) is 7.04. The number of phenols is 1. The maximum atomic E-state index is 15.1. The van der Waals surface area contributed by atoms with Crippen LogP contribution in [-0.4, -0.2) is 49.4 Å². The van der Waals surface area contributed by atoms with Crippen molar-refractivity contribution in [2.24, 2.45) is 0 Å². The summed E-state index contributed by atoms with van der Waals surface area (Å²) in [6.07, 6.45) is 2.87. The third-order valence-electron chi connectivity index (χ3n) is 7.94. The first-order valence-electron chi connectivity index (χ1n) is 14.2. The van der Waals surface area contributed by atoms with E-state index in [4.69, 9.17) is 9.47 Å². The molecule has 3 aromatic carbocycles. The number of phenolic OH excluding ortho intramolecular Hbond substituents is 1. The smallest absolute Gasteiger partial charge is 0.165 e. The average Bonchev–Trinajstić information content (AvgIpc) is 2.94. The Morgan fingerprint density at radius 3 is 2.49 bits per heavy atom. The molecule has 0 bridgehead atoms. The van der Waals surface area contributed by atoms with Gasteiger partial charge in [0.05, 0.1) is 7.11 Å². The van der Waals surface area contributed by atoms with Crippen LogP contribution in [0.1, 0.15) is 62.3 Å². The Kier molecular flexibility index (Phi) is 9.73. The molecule has 3 aromatic rings. The van der Waals surface area contributed by atoms with Crippen molar-refractivity contribution >= 4 is 5.69 Å². The normalized spacial score (nSPS) is 14.9. The van der Waals surface area contributed by atoms with Crippen LogP contribution >= 0.6 is 0 Å². The highest BCUT2D eigenvalue weighted by Gasteiger charge is 2.26. The molecule has 0 heterocycles. The molecule has 4 rings (SSSR count). The maximum Gasteiger partial charge on any atom is 0.165 e. The summed E-state index contributed by atoms with van der Waals surface area (Å²) in [5.74, 6) is 1.46. The quantitative estimate of drug-likeness (QED) is 0.272. The van der Waals surface area contributed by atoms with Crippen LogP contribution in [0.25, 0.3) is 0 Å². The number of halogens is 1. The van der Waals surface area contributed by atoms with E-state index in [0.29, 0.717) is 30.6 Å². The highest BCUT2D eigenvalue weighted by Crippen LogP contribution is 2.40. The van der Waals surface area contributed by atoms with Gasteiger partial charge in [0.25, 0.3) is 0 Å². The average molecular weight is 535 g/mol. The molecule has 0 saturated carbocycles. The van der Waals surface area contributed by atoms with E-state index in [1.165, 1.54) is 16.7 Å². The molecule has 0 saturated heterocycles. The summed E-state index contributed by atoms with van der Waals surface area (Å²) in [6, 6.07) is 17.6. The number of rotatable bonds is 12. The zero-order chi connectivity index (χ0) is 27.9. The van der Waals surface area contributed by atoms with Crippen molar-refractivity contribution in [3.8, 4) is 17.2 Å². The first-order chi connectivity index (χ1) is 18.8. The zero-order valence-corrected chi connectivity index (χ0v) is 24.0. The van der Waals surface area contributed by atoms with E-state index in [2.05, 4.69) is 55.7 Å². The lowest BCUT2D eigenvalue weighted by molar-refractivity contribution is 0.217. The molecule has 0 fully saturated rings. The SMILES string of the molecule is CCN(CC)CCOc1ccc(CN(c2cc(OC)ccc2[C@@H]2CCc3cc(O)ccc3C2)C(C)C)cc1F. The van der Waals surface area contributed by atoms with Crippen LogP contribution in [0.15, 0.2) is 54.6 Å². The van der Waals surface area contributed by atoms with Gasteiger partial charge in [-0.2, -0.15) is 0 Å². The van der Waals surface area contributed by atoms with E-state index in [1.807, 2.05) is 18.2 Å². The Bertz CT molecular complexity index is 1240. The Labute approximate surface area is 233 Å². The van der Waals surface area contributed by atoms with Gasteiger partial charge in [-0.1, -0.05) is 32.0 Å². The Hall–Kier alpha value is -3.25. The van der Waals surface area contributed by atoms with E-state index >= 15 is 4.39 Å². The number of ether oxygens (including phenoxy) is 2. The number of likely N-dealkylation sites (N-methyl/N-ethyl adjacent to an activating group) is 1. The van der Waals surface area contributed by atoms with E-state index in [9.17, 15) is 5.11 Å². The summed E-state index contributed by atoms with van der Waals surface area (Å²) in [5, 5.41) is 9.91. The number of benzene rings is 3. The van der Waals surface area contributed by atoms with Crippen molar-refractivity contribution in [3.05, 3.63) is 82.7 Å². The second-order valence-electron chi connectivity index (χ2n) is 10.7. The van der Waals surface area contributed by atoms with Crippen molar-refractivity contribution in [1.29, 1.82) is 0 Å². The fourth-order valence-electron chi connectivity index (χ4n) is 5.58. The maximum absolute atomic E-state index is 15.1. The predicted octanol–water partition coefficient (Wildman–Crippen LogP) is 6.95. The Morgan fingerprint density at radius 2 is 1.79 bits per heavy atom. The fourth-order valence-corrected chi connectivity index (χ4v) is 5.58. The van der Waals surface area contributed by atoms with Crippen LogP contribution in [-0.2, 0) is 19.4 Å². The minimum absolute atomic E-state index is 0.191. The summed E-state index contributed by atoms with van der Waals surface area (Å²) < 4.78 is 26.4. The number of anilines is 1. The number of hydrogen-bond donors (Lipinski definition) is 1. The van der Waals surface area contributed by atoms with Crippen LogP contribution in [0.2, 0.25) is 0 Å². The van der Waals surface area contributed by atoms with Crippen molar-refractivity contribution < 1.29 is 19.0 Å². The van der Waals surface area contributed by atoms with E-state index in [-0.39, 0.29) is 11.9 Å². The Balaban J connectivity index is 1.56. The molecule has 1 aliphatic carbocycles. The molecule has 0 amide bonds. The number of hydrogen-bond acceptors (Lipinski definition) is 5. The lowest BCUT2D eigenvalue weighted by atomic mass is 9.79. The number of fused-ring (bicyclic) bond motifs is 1. The van der Waals surface area contributed by atoms with Crippen molar-refractivity contribution in [1.82, 2.24) is 4.90 Å². The van der Waals surface area contributed by atoms with Crippen LogP contribution in [0.3, 0.4) is 0 Å². The van der Waals surface area contributed by atoms with Gasteiger partial charge in [-0.3, -0.25) is 0 Å². The van der Waals surface area contributed by atoms with Gasteiger partial charge >= 0.3 is 0 Å². The topological polar surface area (TPSA) is 45.2 Å². The van der Waals surface area contributed by atoms with Crippen molar-refractivity contribution in [3.63, 3.8) is 0 Å². The van der Waals surface area contributed by atoms with E-state index in [0.717, 1.165) is 55.9 Å². The molecule has 0 aliphatic heterocycles. The van der Waals surface area contributed by atoms with Gasteiger partial charge in [-0.25, -0.2) is 4.39 Å². The van der Waals surface area contributed by atoms with Crippen LogP contribution in [0.5, 0.6) is 17.2 Å². The van der Waals surface area contributed by atoms with Gasteiger partial charge in [0.15, 0.2) is 11.6 Å². The molecule has 0 radical (unpaired) electrons. The van der Waals surface area contributed by atoms with Crippen molar-refractivity contribution in [2.45, 2.75) is 65.5 Å². The largest absolute Gasteiger partial charge is 0.508 e. The monoisotopic (exact) mass is 534 g/mol. The second-order valence-corrected chi connectivity index (χ2v) is 10.7. The summed E-state index contributed by atoms with van der Waals surface area (Å²) in [4.78, 5) is 4.59. The molecular formula is C33H43FN2O3. The molecule has 5 nitrogen and oxygen atoms in total. The molecule has 1 aliphatic rings. The van der Waals surface area contributed by atoms with Gasteiger partial charge in [0.2, 0.25) is 0 Å². The molecule has 1 N–H and O–H groups in total. The molecule has 0 aromatic heterocycles. The van der Waals surface area contributed by atoms with E-state index in [1.54, 1.807) is 25.3 Å². The molecule has 39 heavy (non-hydrogen) atoms. The minimum Gasteiger partial charge on any atom is -0.508 e. The van der Waals surface area contributed by atoms with E-state index < -0.39 is 0 Å². The number of nitrogens with zero attached hydrogens (tertiary/aromatic N) is 2. The molecule has 0 unspecified atom stereocenters. The van der Waals surface area contributed by atoms with Gasteiger partial charge < -0.3 is 24.4 Å². The third-order valence-corrected chi connectivity index (χ3v) is 7.94. The van der Waals surface area contributed by atoms with Crippen LogP contribution in [0, 0.1) is 5.82 Å². The second kappa shape index (κ2) is 13.2. The van der Waals surface area contributed by atoms with Crippen LogP contribution in [0.4, 0.5) is 10.1 Å². The molecule has 0 spiro atoms. The van der Waals surface area contributed by atoms with Gasteiger partial charge in [-0.15, -0.1) is 0 Å². The van der Waals surface area contributed by atoms with Crippen LogP contribution < -0.4 is 14.4 Å². The first-order valence-corrected chi connectivity index (χ1v) is 14.2. The fraction of sp³-hybridized carbons (Fsp3) is 0.455. The lowest BCUT2D eigenvalue weighted by Gasteiger charge is -2.35. The number of aromatic hydroxyl groups is 1. The van der Waals surface area contributed by atoms with Gasteiger partial charge in [-0.05, 0) is 105 Å².